The molecule has 1 aromatic carbocycles. The third-order valence-electron chi connectivity index (χ3n) is 2.38. The first-order valence-electron chi connectivity index (χ1n) is 5.55. The lowest BCUT2D eigenvalue weighted by molar-refractivity contribution is 0.432. The summed E-state index contributed by atoms with van der Waals surface area (Å²) in [4.78, 5) is 4.13. The minimum absolute atomic E-state index is 0.268. The molecule has 1 heterocycles. The second kappa shape index (κ2) is 4.95. The molecule has 0 unspecified atom stereocenters. The third kappa shape index (κ3) is 2.61. The van der Waals surface area contributed by atoms with Gasteiger partial charge in [-0.05, 0) is 25.0 Å². The fourth-order valence-corrected chi connectivity index (χ4v) is 1.38. The number of anilines is 1. The van der Waals surface area contributed by atoms with Gasteiger partial charge in [0.15, 0.2) is 0 Å². The van der Waals surface area contributed by atoms with Crippen molar-refractivity contribution >= 4 is 6.01 Å². The Balaban J connectivity index is 2.21. The molecule has 0 saturated carbocycles. The summed E-state index contributed by atoms with van der Waals surface area (Å²) in [7, 11) is 0. The molecule has 17 heavy (non-hydrogen) atoms. The monoisotopic (exact) mass is 235 g/mol. The van der Waals surface area contributed by atoms with E-state index >= 15 is 0 Å². The van der Waals surface area contributed by atoms with Crippen molar-refractivity contribution in [1.29, 1.82) is 0 Å². The molecule has 0 amide bonds. The summed E-state index contributed by atoms with van der Waals surface area (Å²) < 4.78 is 18.4. The summed E-state index contributed by atoms with van der Waals surface area (Å²) >= 11 is 0. The highest BCUT2D eigenvalue weighted by atomic mass is 19.1. The number of nitrogens with one attached hydrogen (secondary N) is 1. The van der Waals surface area contributed by atoms with Gasteiger partial charge >= 0.3 is 6.01 Å². The Morgan fingerprint density at radius 2 is 2.24 bits per heavy atom. The van der Waals surface area contributed by atoms with Crippen molar-refractivity contribution in [2.24, 2.45) is 0 Å². The molecule has 0 radical (unpaired) electrons. The quantitative estimate of drug-likeness (QED) is 0.885. The van der Waals surface area contributed by atoms with E-state index in [1.54, 1.807) is 19.1 Å². The molecular formula is C12H14FN3O. The smallest absolute Gasteiger partial charge is 0.321 e. The van der Waals surface area contributed by atoms with Gasteiger partial charge in [-0.3, -0.25) is 0 Å². The van der Waals surface area contributed by atoms with E-state index in [9.17, 15) is 4.39 Å². The summed E-state index contributed by atoms with van der Waals surface area (Å²) in [5, 5.41) is 6.77. The van der Waals surface area contributed by atoms with E-state index < -0.39 is 0 Å². The molecule has 4 nitrogen and oxygen atoms in total. The Kier molecular flexibility index (Phi) is 3.37. The predicted molar refractivity (Wildman–Crippen MR) is 63.2 cm³/mol. The molecular weight excluding hydrogens is 221 g/mol. The van der Waals surface area contributed by atoms with Crippen LogP contribution in [0.3, 0.4) is 0 Å². The maximum Gasteiger partial charge on any atom is 0.321 e. The fraction of sp³-hybridized carbons (Fsp3) is 0.333. The van der Waals surface area contributed by atoms with Crippen LogP contribution in [-0.2, 0) is 0 Å². The second-order valence-corrected chi connectivity index (χ2v) is 3.81. The van der Waals surface area contributed by atoms with Crippen LogP contribution in [0.2, 0.25) is 0 Å². The highest BCUT2D eigenvalue weighted by Gasteiger charge is 2.09. The average molecular weight is 235 g/mol. The Hall–Kier alpha value is -1.91. The third-order valence-corrected chi connectivity index (χ3v) is 2.38. The number of halogens is 1. The van der Waals surface area contributed by atoms with Crippen molar-refractivity contribution in [1.82, 2.24) is 10.1 Å². The molecule has 1 N–H and O–H groups in total. The Morgan fingerprint density at radius 1 is 1.41 bits per heavy atom. The lowest BCUT2D eigenvalue weighted by Crippen LogP contribution is -1.99. The molecule has 0 saturated heterocycles. The van der Waals surface area contributed by atoms with Crippen molar-refractivity contribution < 1.29 is 8.91 Å². The van der Waals surface area contributed by atoms with Crippen LogP contribution in [0.1, 0.15) is 18.9 Å². The van der Waals surface area contributed by atoms with Crippen LogP contribution in [0.15, 0.2) is 22.7 Å². The van der Waals surface area contributed by atoms with Crippen LogP contribution in [0, 0.1) is 12.7 Å². The second-order valence-electron chi connectivity index (χ2n) is 3.81. The van der Waals surface area contributed by atoms with Crippen LogP contribution >= 0.6 is 0 Å². The maximum atomic E-state index is 13.4. The summed E-state index contributed by atoms with van der Waals surface area (Å²) in [5.41, 5.74) is 1.21. The summed E-state index contributed by atoms with van der Waals surface area (Å²) in [6, 6.07) is 5.24. The Bertz CT molecular complexity index is 510. The average Bonchev–Trinajstić information content (AvgIpc) is 2.79. The van der Waals surface area contributed by atoms with Crippen LogP contribution < -0.4 is 5.32 Å². The van der Waals surface area contributed by atoms with Gasteiger partial charge in [-0.25, -0.2) is 4.39 Å². The van der Waals surface area contributed by atoms with Gasteiger partial charge in [-0.15, -0.1) is 0 Å². The number of benzene rings is 1. The summed E-state index contributed by atoms with van der Waals surface area (Å²) in [6.45, 7) is 4.52. The molecule has 0 spiro atoms. The van der Waals surface area contributed by atoms with Gasteiger partial charge in [-0.2, -0.15) is 4.98 Å². The van der Waals surface area contributed by atoms with Crippen molar-refractivity contribution in [3.05, 3.63) is 29.6 Å². The predicted octanol–water partition coefficient (Wildman–Crippen LogP) is 3.01. The van der Waals surface area contributed by atoms with E-state index in [-0.39, 0.29) is 5.82 Å². The SMILES string of the molecule is CCCNc1nc(-c2ccc(C)c(F)c2)no1. The van der Waals surface area contributed by atoms with Crippen LogP contribution in [0.25, 0.3) is 11.4 Å². The lowest BCUT2D eigenvalue weighted by Gasteiger charge is -1.98. The topological polar surface area (TPSA) is 51.0 Å². The fourth-order valence-electron chi connectivity index (χ4n) is 1.38. The first-order valence-corrected chi connectivity index (χ1v) is 5.55. The number of aromatic nitrogens is 2. The van der Waals surface area contributed by atoms with Crippen molar-refractivity contribution in [2.75, 3.05) is 11.9 Å². The number of rotatable bonds is 4. The summed E-state index contributed by atoms with van der Waals surface area (Å²) in [6.07, 6.45) is 0.969. The molecule has 90 valence electrons. The number of hydrogen-bond donors (Lipinski definition) is 1. The van der Waals surface area contributed by atoms with Crippen molar-refractivity contribution in [2.45, 2.75) is 20.3 Å². The zero-order valence-corrected chi connectivity index (χ0v) is 9.83. The van der Waals surface area contributed by atoms with Gasteiger partial charge in [0.25, 0.3) is 0 Å². The largest absolute Gasteiger partial charge is 0.338 e. The molecule has 2 rings (SSSR count). The first-order chi connectivity index (χ1) is 8.20. The van der Waals surface area contributed by atoms with Gasteiger partial charge in [0.2, 0.25) is 5.82 Å². The molecule has 0 bridgehead atoms. The summed E-state index contributed by atoms with van der Waals surface area (Å²) in [5.74, 6) is 0.123. The molecule has 0 atom stereocenters. The van der Waals surface area contributed by atoms with Gasteiger partial charge in [0.1, 0.15) is 5.82 Å². The number of aryl methyl sites for hydroxylation is 1. The van der Waals surface area contributed by atoms with Crippen LogP contribution in [0.5, 0.6) is 0 Å². The van der Waals surface area contributed by atoms with Gasteiger partial charge in [-0.1, -0.05) is 24.2 Å². The van der Waals surface area contributed by atoms with E-state index in [1.807, 2.05) is 6.92 Å². The number of hydrogen-bond acceptors (Lipinski definition) is 4. The zero-order chi connectivity index (χ0) is 12.3. The van der Waals surface area contributed by atoms with Gasteiger partial charge < -0.3 is 9.84 Å². The molecule has 2 aromatic rings. The standard InChI is InChI=1S/C12H14FN3O/c1-3-6-14-12-15-11(16-17-12)9-5-4-8(2)10(13)7-9/h4-5,7H,3,6H2,1-2H3,(H,14,15,16). The highest BCUT2D eigenvalue weighted by Crippen LogP contribution is 2.20. The Labute approximate surface area is 98.8 Å². The number of nitrogens with zero attached hydrogens (tertiary/aromatic N) is 2. The van der Waals surface area contributed by atoms with Gasteiger partial charge in [0, 0.05) is 12.1 Å². The molecule has 5 heteroatoms. The van der Waals surface area contributed by atoms with Crippen LogP contribution in [0.4, 0.5) is 10.4 Å². The Morgan fingerprint density at radius 3 is 2.94 bits per heavy atom. The molecule has 1 aromatic heterocycles. The zero-order valence-electron chi connectivity index (χ0n) is 9.83. The molecule has 0 aliphatic rings. The molecule has 0 aliphatic carbocycles. The van der Waals surface area contributed by atoms with E-state index in [0.29, 0.717) is 23.0 Å². The maximum absolute atomic E-state index is 13.4. The normalized spacial score (nSPS) is 10.5. The molecule has 0 fully saturated rings. The minimum atomic E-state index is -0.268. The molecule has 0 aliphatic heterocycles. The van der Waals surface area contributed by atoms with Crippen molar-refractivity contribution in [3.8, 4) is 11.4 Å². The van der Waals surface area contributed by atoms with E-state index in [1.165, 1.54) is 6.07 Å². The highest BCUT2D eigenvalue weighted by molar-refractivity contribution is 5.56. The van der Waals surface area contributed by atoms with Gasteiger partial charge in [0.05, 0.1) is 0 Å². The lowest BCUT2D eigenvalue weighted by atomic mass is 10.1. The van der Waals surface area contributed by atoms with E-state index in [4.69, 9.17) is 4.52 Å². The first kappa shape index (κ1) is 11.6. The minimum Gasteiger partial charge on any atom is -0.338 e. The van der Waals surface area contributed by atoms with E-state index in [2.05, 4.69) is 15.5 Å². The van der Waals surface area contributed by atoms with Crippen molar-refractivity contribution in [3.63, 3.8) is 0 Å². The van der Waals surface area contributed by atoms with E-state index in [0.717, 1.165) is 13.0 Å². The van der Waals surface area contributed by atoms with Crippen LogP contribution in [-0.4, -0.2) is 16.7 Å².